The van der Waals surface area contributed by atoms with Crippen molar-refractivity contribution in [1.82, 2.24) is 10.2 Å². The zero-order valence-corrected chi connectivity index (χ0v) is 13.8. The van der Waals surface area contributed by atoms with Crippen molar-refractivity contribution in [2.75, 3.05) is 13.1 Å². The van der Waals surface area contributed by atoms with Gasteiger partial charge in [0, 0.05) is 25.6 Å². The molecule has 0 saturated carbocycles. The molecule has 2 amide bonds. The molecule has 1 aliphatic heterocycles. The molecule has 2 rings (SSSR count). The first-order valence-corrected chi connectivity index (χ1v) is 8.47. The molecule has 0 aromatic heterocycles. The van der Waals surface area contributed by atoms with Gasteiger partial charge in [0.2, 0.25) is 11.8 Å². The third-order valence-electron chi connectivity index (χ3n) is 4.40. The lowest BCUT2D eigenvalue weighted by Crippen LogP contribution is -2.48. The standard InChI is InChI=1S/C18H27N3O2/c1-2-6-16(19)18(23)21-11-9-15(10-12-21)17(22)20-13-14-7-4-3-5-8-14/h3-5,7-8,15-16H,2,6,9-13,19H2,1H3,(H,20,22). The minimum Gasteiger partial charge on any atom is -0.352 e. The number of amides is 2. The lowest BCUT2D eigenvalue weighted by atomic mass is 9.95. The summed E-state index contributed by atoms with van der Waals surface area (Å²) in [4.78, 5) is 26.2. The number of likely N-dealkylation sites (tertiary alicyclic amines) is 1. The predicted octanol–water partition coefficient (Wildman–Crippen LogP) is 1.67. The molecular weight excluding hydrogens is 290 g/mol. The quantitative estimate of drug-likeness (QED) is 0.838. The van der Waals surface area contributed by atoms with Crippen LogP contribution < -0.4 is 11.1 Å². The molecule has 23 heavy (non-hydrogen) atoms. The van der Waals surface area contributed by atoms with E-state index in [1.165, 1.54) is 0 Å². The van der Waals surface area contributed by atoms with Crippen LogP contribution in [0.4, 0.5) is 0 Å². The topological polar surface area (TPSA) is 75.4 Å². The molecule has 1 aromatic carbocycles. The molecule has 1 atom stereocenters. The van der Waals surface area contributed by atoms with E-state index in [9.17, 15) is 9.59 Å². The van der Waals surface area contributed by atoms with Gasteiger partial charge in [0.15, 0.2) is 0 Å². The van der Waals surface area contributed by atoms with Crippen LogP contribution in [0.3, 0.4) is 0 Å². The molecule has 0 spiro atoms. The first-order chi connectivity index (χ1) is 11.1. The lowest BCUT2D eigenvalue weighted by Gasteiger charge is -2.33. The number of carbonyl (C=O) groups is 2. The highest BCUT2D eigenvalue weighted by Gasteiger charge is 2.29. The summed E-state index contributed by atoms with van der Waals surface area (Å²) in [6.07, 6.45) is 3.05. The zero-order valence-electron chi connectivity index (χ0n) is 13.8. The van der Waals surface area contributed by atoms with Gasteiger partial charge in [0.05, 0.1) is 6.04 Å². The van der Waals surface area contributed by atoms with Crippen molar-refractivity contribution in [1.29, 1.82) is 0 Å². The molecule has 1 heterocycles. The Morgan fingerprint density at radius 1 is 1.26 bits per heavy atom. The maximum Gasteiger partial charge on any atom is 0.239 e. The fraction of sp³-hybridized carbons (Fsp3) is 0.556. The number of piperidine rings is 1. The zero-order chi connectivity index (χ0) is 16.7. The highest BCUT2D eigenvalue weighted by Crippen LogP contribution is 2.18. The summed E-state index contributed by atoms with van der Waals surface area (Å²) in [6, 6.07) is 9.48. The van der Waals surface area contributed by atoms with Crippen LogP contribution in [-0.4, -0.2) is 35.8 Å². The normalized spacial score (nSPS) is 16.9. The monoisotopic (exact) mass is 317 g/mol. The van der Waals surface area contributed by atoms with Gasteiger partial charge in [-0.05, 0) is 24.8 Å². The van der Waals surface area contributed by atoms with Crippen molar-refractivity contribution in [3.05, 3.63) is 35.9 Å². The van der Waals surface area contributed by atoms with E-state index in [0.29, 0.717) is 32.5 Å². The smallest absolute Gasteiger partial charge is 0.239 e. The predicted molar refractivity (Wildman–Crippen MR) is 90.5 cm³/mol. The summed E-state index contributed by atoms with van der Waals surface area (Å²) in [7, 11) is 0. The van der Waals surface area contributed by atoms with Gasteiger partial charge < -0.3 is 16.0 Å². The van der Waals surface area contributed by atoms with E-state index in [-0.39, 0.29) is 17.7 Å². The van der Waals surface area contributed by atoms with Crippen molar-refractivity contribution in [2.24, 2.45) is 11.7 Å². The Labute approximate surface area is 138 Å². The van der Waals surface area contributed by atoms with Crippen molar-refractivity contribution in [3.63, 3.8) is 0 Å². The van der Waals surface area contributed by atoms with E-state index in [1.54, 1.807) is 4.90 Å². The second-order valence-electron chi connectivity index (χ2n) is 6.20. The van der Waals surface area contributed by atoms with E-state index in [1.807, 2.05) is 37.3 Å². The first-order valence-electron chi connectivity index (χ1n) is 8.47. The van der Waals surface area contributed by atoms with E-state index in [2.05, 4.69) is 5.32 Å². The Morgan fingerprint density at radius 2 is 1.91 bits per heavy atom. The maximum absolute atomic E-state index is 12.2. The Kier molecular flexibility index (Phi) is 6.59. The van der Waals surface area contributed by atoms with E-state index >= 15 is 0 Å². The summed E-state index contributed by atoms with van der Waals surface area (Å²) in [5.74, 6) is 0.0963. The van der Waals surface area contributed by atoms with Crippen LogP contribution in [0.2, 0.25) is 0 Å². The number of benzene rings is 1. The molecular formula is C18H27N3O2. The average Bonchev–Trinajstić information content (AvgIpc) is 2.60. The van der Waals surface area contributed by atoms with Crippen LogP contribution in [0, 0.1) is 5.92 Å². The molecule has 3 N–H and O–H groups in total. The highest BCUT2D eigenvalue weighted by atomic mass is 16.2. The summed E-state index contributed by atoms with van der Waals surface area (Å²) in [6.45, 7) is 3.83. The minimum absolute atomic E-state index is 0.00911. The fourth-order valence-electron chi connectivity index (χ4n) is 2.96. The number of nitrogens with two attached hydrogens (primary N) is 1. The van der Waals surface area contributed by atoms with Crippen molar-refractivity contribution < 1.29 is 9.59 Å². The number of rotatable bonds is 6. The van der Waals surface area contributed by atoms with Crippen LogP contribution in [0.1, 0.15) is 38.2 Å². The van der Waals surface area contributed by atoms with Gasteiger partial charge in [-0.25, -0.2) is 0 Å². The van der Waals surface area contributed by atoms with Gasteiger partial charge in [0.1, 0.15) is 0 Å². The van der Waals surface area contributed by atoms with Gasteiger partial charge in [-0.1, -0.05) is 43.7 Å². The van der Waals surface area contributed by atoms with E-state index < -0.39 is 6.04 Å². The number of hydrogen-bond donors (Lipinski definition) is 2. The number of carbonyl (C=O) groups excluding carboxylic acids is 2. The van der Waals surface area contributed by atoms with Gasteiger partial charge >= 0.3 is 0 Å². The third-order valence-corrected chi connectivity index (χ3v) is 4.40. The van der Waals surface area contributed by atoms with Crippen LogP contribution in [-0.2, 0) is 16.1 Å². The van der Waals surface area contributed by atoms with Crippen LogP contribution in [0.15, 0.2) is 30.3 Å². The molecule has 1 saturated heterocycles. The number of nitrogens with zero attached hydrogens (tertiary/aromatic N) is 1. The summed E-state index contributed by atoms with van der Waals surface area (Å²) >= 11 is 0. The van der Waals surface area contributed by atoms with Crippen LogP contribution in [0.5, 0.6) is 0 Å². The van der Waals surface area contributed by atoms with E-state index in [4.69, 9.17) is 5.73 Å². The summed E-state index contributed by atoms with van der Waals surface area (Å²) < 4.78 is 0. The molecule has 0 bridgehead atoms. The van der Waals surface area contributed by atoms with Gasteiger partial charge in [-0.15, -0.1) is 0 Å². The molecule has 5 nitrogen and oxygen atoms in total. The largest absolute Gasteiger partial charge is 0.352 e. The molecule has 1 aliphatic rings. The molecule has 1 fully saturated rings. The minimum atomic E-state index is -0.400. The summed E-state index contributed by atoms with van der Waals surface area (Å²) in [5.41, 5.74) is 6.99. The molecule has 0 radical (unpaired) electrons. The molecule has 0 aliphatic carbocycles. The van der Waals surface area contributed by atoms with Gasteiger partial charge in [-0.2, -0.15) is 0 Å². The Balaban J connectivity index is 1.75. The Bertz CT molecular complexity index is 510. The SMILES string of the molecule is CCCC(N)C(=O)N1CCC(C(=O)NCc2ccccc2)CC1. The molecule has 126 valence electrons. The lowest BCUT2D eigenvalue weighted by molar-refractivity contribution is -0.136. The third kappa shape index (κ3) is 5.06. The van der Waals surface area contributed by atoms with Crippen molar-refractivity contribution in [3.8, 4) is 0 Å². The van der Waals surface area contributed by atoms with Gasteiger partial charge in [0.25, 0.3) is 0 Å². The highest BCUT2D eigenvalue weighted by molar-refractivity contribution is 5.82. The Morgan fingerprint density at radius 3 is 2.52 bits per heavy atom. The number of nitrogens with one attached hydrogen (secondary N) is 1. The van der Waals surface area contributed by atoms with Crippen LogP contribution in [0.25, 0.3) is 0 Å². The van der Waals surface area contributed by atoms with Crippen LogP contribution >= 0.6 is 0 Å². The first kappa shape index (κ1) is 17.5. The average molecular weight is 317 g/mol. The fourth-order valence-corrected chi connectivity index (χ4v) is 2.96. The Hall–Kier alpha value is -1.88. The number of hydrogen-bond acceptors (Lipinski definition) is 3. The van der Waals surface area contributed by atoms with Gasteiger partial charge in [-0.3, -0.25) is 9.59 Å². The van der Waals surface area contributed by atoms with Crippen molar-refractivity contribution >= 4 is 11.8 Å². The maximum atomic E-state index is 12.2. The molecule has 1 unspecified atom stereocenters. The molecule has 1 aromatic rings. The second-order valence-corrected chi connectivity index (χ2v) is 6.20. The van der Waals surface area contributed by atoms with Crippen molar-refractivity contribution in [2.45, 2.75) is 45.2 Å². The second kappa shape index (κ2) is 8.67. The summed E-state index contributed by atoms with van der Waals surface area (Å²) in [5, 5.41) is 2.99. The van der Waals surface area contributed by atoms with E-state index in [0.717, 1.165) is 18.4 Å². The molecule has 5 heteroatoms.